The molecule has 1 N–H and O–H groups in total. The number of carbonyl (C=O) groups excluding carboxylic acids is 1. The summed E-state index contributed by atoms with van der Waals surface area (Å²) in [5, 5.41) is 0.986. The first-order valence-corrected chi connectivity index (χ1v) is 5.44. The maximum absolute atomic E-state index is 12.2. The zero-order valence-electron chi connectivity index (χ0n) is 9.82. The van der Waals surface area contributed by atoms with Crippen LogP contribution in [0.1, 0.15) is 24.2 Å². The molecular weight excluding hydrogens is 200 g/mol. The van der Waals surface area contributed by atoms with Crippen LogP contribution in [0.3, 0.4) is 0 Å². The van der Waals surface area contributed by atoms with Crippen LogP contribution in [0.2, 0.25) is 0 Å². The Labute approximate surface area is 95.1 Å². The van der Waals surface area contributed by atoms with Crippen molar-refractivity contribution in [2.24, 2.45) is 0 Å². The molecule has 3 nitrogen and oxygen atoms in total. The molecule has 0 atom stereocenters. The number of fused-ring (bicyclic) bond motifs is 1. The highest BCUT2D eigenvalue weighted by Gasteiger charge is 2.16. The van der Waals surface area contributed by atoms with Crippen LogP contribution in [-0.4, -0.2) is 28.9 Å². The molecule has 1 heterocycles. The van der Waals surface area contributed by atoms with E-state index in [1.165, 1.54) is 0 Å². The van der Waals surface area contributed by atoms with Crippen molar-refractivity contribution in [1.82, 2.24) is 9.88 Å². The van der Waals surface area contributed by atoms with E-state index in [0.717, 1.165) is 16.5 Å². The maximum Gasteiger partial charge on any atom is 0.254 e. The second-order valence-electron chi connectivity index (χ2n) is 4.25. The van der Waals surface area contributed by atoms with Crippen LogP contribution in [-0.2, 0) is 0 Å². The predicted octanol–water partition coefficient (Wildman–Crippen LogP) is 2.65. The lowest BCUT2D eigenvalue weighted by molar-refractivity contribution is 0.0757. The number of hydrogen-bond acceptors (Lipinski definition) is 1. The molecule has 1 aromatic heterocycles. The zero-order valence-corrected chi connectivity index (χ0v) is 9.82. The van der Waals surface area contributed by atoms with Crippen LogP contribution in [0.5, 0.6) is 0 Å². The van der Waals surface area contributed by atoms with Crippen molar-refractivity contribution in [3.05, 3.63) is 36.0 Å². The van der Waals surface area contributed by atoms with Gasteiger partial charge in [0.05, 0.1) is 0 Å². The number of benzene rings is 1. The quantitative estimate of drug-likeness (QED) is 0.823. The number of aromatic amines is 1. The number of aromatic nitrogens is 1. The van der Waals surface area contributed by atoms with Gasteiger partial charge in [-0.25, -0.2) is 0 Å². The minimum atomic E-state index is 0.0696. The lowest BCUT2D eigenvalue weighted by Crippen LogP contribution is -2.33. The monoisotopic (exact) mass is 216 g/mol. The lowest BCUT2D eigenvalue weighted by atomic mass is 10.1. The number of rotatable bonds is 2. The first kappa shape index (κ1) is 10.7. The molecule has 0 bridgehead atoms. The van der Waals surface area contributed by atoms with Crippen molar-refractivity contribution < 1.29 is 4.79 Å². The van der Waals surface area contributed by atoms with Gasteiger partial charge in [-0.1, -0.05) is 6.07 Å². The lowest BCUT2D eigenvalue weighted by Gasteiger charge is -2.21. The van der Waals surface area contributed by atoms with Gasteiger partial charge >= 0.3 is 0 Å². The molecule has 0 spiro atoms. The average molecular weight is 216 g/mol. The molecule has 2 aromatic rings. The molecular formula is C13H16N2O. The van der Waals surface area contributed by atoms with Crippen LogP contribution in [0.25, 0.3) is 10.9 Å². The molecule has 1 aromatic carbocycles. The van der Waals surface area contributed by atoms with E-state index in [-0.39, 0.29) is 11.9 Å². The summed E-state index contributed by atoms with van der Waals surface area (Å²) >= 11 is 0. The third kappa shape index (κ3) is 1.69. The van der Waals surface area contributed by atoms with E-state index in [1.54, 1.807) is 4.90 Å². The summed E-state index contributed by atoms with van der Waals surface area (Å²) in [7, 11) is 1.83. The van der Waals surface area contributed by atoms with Crippen LogP contribution >= 0.6 is 0 Å². The summed E-state index contributed by atoms with van der Waals surface area (Å²) in [5.74, 6) is 0.0696. The van der Waals surface area contributed by atoms with E-state index >= 15 is 0 Å². The molecule has 84 valence electrons. The number of nitrogens with one attached hydrogen (secondary N) is 1. The second-order valence-corrected chi connectivity index (χ2v) is 4.25. The van der Waals surface area contributed by atoms with E-state index in [0.29, 0.717) is 0 Å². The van der Waals surface area contributed by atoms with Gasteiger partial charge in [-0.05, 0) is 32.0 Å². The van der Waals surface area contributed by atoms with E-state index in [1.807, 2.05) is 51.4 Å². The highest BCUT2D eigenvalue weighted by atomic mass is 16.2. The predicted molar refractivity (Wildman–Crippen MR) is 65.5 cm³/mol. The molecule has 0 unspecified atom stereocenters. The van der Waals surface area contributed by atoms with Crippen molar-refractivity contribution in [1.29, 1.82) is 0 Å². The minimum absolute atomic E-state index is 0.0696. The standard InChI is InChI=1S/C13H16N2O/c1-9(2)15(3)13(16)11-5-4-6-12-10(11)7-8-14-12/h4-9,14H,1-3H3. The normalized spacial score (nSPS) is 11.0. The van der Waals surface area contributed by atoms with Crippen molar-refractivity contribution in [3.8, 4) is 0 Å². The van der Waals surface area contributed by atoms with Gasteiger partial charge in [0, 0.05) is 35.8 Å². The molecule has 0 saturated heterocycles. The summed E-state index contributed by atoms with van der Waals surface area (Å²) in [5.41, 5.74) is 1.76. The van der Waals surface area contributed by atoms with Gasteiger partial charge in [0.15, 0.2) is 0 Å². The van der Waals surface area contributed by atoms with E-state index in [4.69, 9.17) is 0 Å². The summed E-state index contributed by atoms with van der Waals surface area (Å²) in [6.45, 7) is 4.02. The van der Waals surface area contributed by atoms with Gasteiger partial charge in [-0.15, -0.1) is 0 Å². The number of nitrogens with zero attached hydrogens (tertiary/aromatic N) is 1. The van der Waals surface area contributed by atoms with Gasteiger partial charge in [-0.2, -0.15) is 0 Å². The highest BCUT2D eigenvalue weighted by Crippen LogP contribution is 2.19. The zero-order chi connectivity index (χ0) is 11.7. The van der Waals surface area contributed by atoms with Crippen molar-refractivity contribution >= 4 is 16.8 Å². The molecule has 3 heteroatoms. The van der Waals surface area contributed by atoms with Crippen LogP contribution in [0.4, 0.5) is 0 Å². The van der Waals surface area contributed by atoms with Gasteiger partial charge in [0.25, 0.3) is 5.91 Å². The summed E-state index contributed by atoms with van der Waals surface area (Å²) < 4.78 is 0. The molecule has 1 amide bonds. The Morgan fingerprint density at radius 3 is 2.75 bits per heavy atom. The van der Waals surface area contributed by atoms with Gasteiger partial charge in [-0.3, -0.25) is 4.79 Å². The fourth-order valence-corrected chi connectivity index (χ4v) is 1.70. The fraction of sp³-hybridized carbons (Fsp3) is 0.308. The summed E-state index contributed by atoms with van der Waals surface area (Å²) in [6, 6.07) is 7.90. The van der Waals surface area contributed by atoms with Crippen molar-refractivity contribution in [2.45, 2.75) is 19.9 Å². The van der Waals surface area contributed by atoms with Crippen molar-refractivity contribution in [3.63, 3.8) is 0 Å². The van der Waals surface area contributed by atoms with Crippen LogP contribution < -0.4 is 0 Å². The molecule has 0 aliphatic rings. The molecule has 16 heavy (non-hydrogen) atoms. The van der Waals surface area contributed by atoms with Crippen LogP contribution in [0, 0.1) is 0 Å². The second kappa shape index (κ2) is 4.00. The van der Waals surface area contributed by atoms with E-state index in [9.17, 15) is 4.79 Å². The highest BCUT2D eigenvalue weighted by molar-refractivity contribution is 6.06. The number of amides is 1. The molecule has 0 aliphatic heterocycles. The van der Waals surface area contributed by atoms with Crippen LogP contribution in [0.15, 0.2) is 30.5 Å². The Hall–Kier alpha value is -1.77. The Balaban J connectivity index is 2.47. The van der Waals surface area contributed by atoms with Crippen molar-refractivity contribution in [2.75, 3.05) is 7.05 Å². The Morgan fingerprint density at radius 1 is 1.31 bits per heavy atom. The van der Waals surface area contributed by atoms with E-state index in [2.05, 4.69) is 4.98 Å². The molecule has 0 saturated carbocycles. The van der Waals surface area contributed by atoms with E-state index < -0.39 is 0 Å². The smallest absolute Gasteiger partial charge is 0.254 e. The number of hydrogen-bond donors (Lipinski definition) is 1. The Morgan fingerprint density at radius 2 is 2.06 bits per heavy atom. The Bertz CT molecular complexity index is 513. The first-order chi connectivity index (χ1) is 7.61. The fourth-order valence-electron chi connectivity index (χ4n) is 1.70. The van der Waals surface area contributed by atoms with Gasteiger partial charge in [0.2, 0.25) is 0 Å². The first-order valence-electron chi connectivity index (χ1n) is 5.44. The average Bonchev–Trinajstić information content (AvgIpc) is 2.74. The minimum Gasteiger partial charge on any atom is -0.361 e. The molecule has 0 radical (unpaired) electrons. The Kier molecular flexibility index (Phi) is 2.69. The topological polar surface area (TPSA) is 36.1 Å². The number of carbonyl (C=O) groups is 1. The SMILES string of the molecule is CC(C)N(C)C(=O)c1cccc2[nH]ccc12. The summed E-state index contributed by atoms with van der Waals surface area (Å²) in [4.78, 5) is 17.1. The number of H-pyrrole nitrogens is 1. The maximum atomic E-state index is 12.2. The van der Waals surface area contributed by atoms with Gasteiger partial charge in [0.1, 0.15) is 0 Å². The molecule has 0 fully saturated rings. The molecule has 2 rings (SSSR count). The third-order valence-corrected chi connectivity index (χ3v) is 2.92. The molecule has 0 aliphatic carbocycles. The largest absolute Gasteiger partial charge is 0.361 e. The summed E-state index contributed by atoms with van der Waals surface area (Å²) in [6.07, 6.45) is 1.86. The van der Waals surface area contributed by atoms with Gasteiger partial charge < -0.3 is 9.88 Å². The third-order valence-electron chi connectivity index (χ3n) is 2.92.